The summed E-state index contributed by atoms with van der Waals surface area (Å²) in [5.41, 5.74) is 3.50. The predicted molar refractivity (Wildman–Crippen MR) is 75.0 cm³/mol. The fraction of sp³-hybridized carbons (Fsp3) is 0.429. The second-order valence-corrected chi connectivity index (χ2v) is 4.81. The summed E-state index contributed by atoms with van der Waals surface area (Å²) in [4.78, 5) is 23.9. The van der Waals surface area contributed by atoms with Crippen LogP contribution in [0.4, 0.5) is 9.59 Å². The molecule has 0 aromatic heterocycles. The van der Waals surface area contributed by atoms with E-state index < -0.39 is 12.2 Å². The minimum Gasteiger partial charge on any atom is -0.442 e. The predicted octanol–water partition coefficient (Wildman–Crippen LogP) is 1.01. The Labute approximate surface area is 123 Å². The number of piperazine rings is 1. The Kier molecular flexibility index (Phi) is 5.13. The molecule has 21 heavy (non-hydrogen) atoms. The van der Waals surface area contributed by atoms with Crippen molar-refractivity contribution in [1.29, 1.82) is 0 Å². The third-order valence-electron chi connectivity index (χ3n) is 3.38. The van der Waals surface area contributed by atoms with Crippen LogP contribution in [0.3, 0.4) is 0 Å². The summed E-state index contributed by atoms with van der Waals surface area (Å²) in [6.45, 7) is 2.24. The van der Waals surface area contributed by atoms with Gasteiger partial charge in [-0.25, -0.2) is 4.79 Å². The fourth-order valence-corrected chi connectivity index (χ4v) is 2.22. The Morgan fingerprint density at radius 1 is 1.24 bits per heavy atom. The van der Waals surface area contributed by atoms with Gasteiger partial charge in [-0.3, -0.25) is 0 Å². The lowest BCUT2D eigenvalue weighted by Crippen LogP contribution is -2.69. The van der Waals surface area contributed by atoms with Crippen molar-refractivity contribution in [3.8, 4) is 0 Å². The van der Waals surface area contributed by atoms with E-state index in [2.05, 4.69) is 10.7 Å². The third-order valence-corrected chi connectivity index (χ3v) is 3.38. The minimum absolute atomic E-state index is 0.159. The Hall–Kier alpha value is -2.12. The first-order chi connectivity index (χ1) is 10.2. The highest BCUT2D eigenvalue weighted by molar-refractivity contribution is 5.69. The van der Waals surface area contributed by atoms with E-state index in [9.17, 15) is 9.59 Å². The molecule has 114 valence electrons. The molecule has 7 nitrogen and oxygen atoms in total. The zero-order valence-electron chi connectivity index (χ0n) is 12.0. The molecule has 2 amide bonds. The molecule has 0 unspecified atom stereocenters. The number of carbonyl (C=O) groups is 2. The summed E-state index contributed by atoms with van der Waals surface area (Å²) in [5, 5.41) is 3.13. The largest absolute Gasteiger partial charge is 0.541 e. The van der Waals surface area contributed by atoms with Gasteiger partial charge in [-0.05, 0) is 5.56 Å². The summed E-state index contributed by atoms with van der Waals surface area (Å²) >= 11 is 0. The van der Waals surface area contributed by atoms with Crippen LogP contribution < -0.4 is 10.7 Å². The Bertz CT molecular complexity index is 486. The van der Waals surface area contributed by atoms with E-state index in [4.69, 9.17) is 9.47 Å². The van der Waals surface area contributed by atoms with Crippen LogP contribution in [0.1, 0.15) is 5.56 Å². The lowest BCUT2D eigenvalue weighted by atomic mass is 10.2. The number of benzene rings is 1. The van der Waals surface area contributed by atoms with Crippen molar-refractivity contribution < 1.29 is 23.7 Å². The van der Waals surface area contributed by atoms with Gasteiger partial charge < -0.3 is 14.8 Å². The monoisotopic (exact) mass is 294 g/mol. The number of amides is 2. The van der Waals surface area contributed by atoms with E-state index >= 15 is 0 Å². The number of nitrogens with one attached hydrogen (secondary N) is 2. The maximum absolute atomic E-state index is 12.0. The highest BCUT2D eigenvalue weighted by Gasteiger charge is 2.42. The molecule has 1 fully saturated rings. The van der Waals surface area contributed by atoms with Gasteiger partial charge >= 0.3 is 12.2 Å². The summed E-state index contributed by atoms with van der Waals surface area (Å²) in [5.74, 6) is 0. The minimum atomic E-state index is -0.633. The van der Waals surface area contributed by atoms with Gasteiger partial charge in [-0.1, -0.05) is 30.3 Å². The summed E-state index contributed by atoms with van der Waals surface area (Å²) in [7, 11) is 1.31. The van der Waals surface area contributed by atoms with Crippen LogP contribution in [0.25, 0.3) is 0 Å². The quantitative estimate of drug-likeness (QED) is 0.796. The van der Waals surface area contributed by atoms with E-state index in [0.29, 0.717) is 26.2 Å². The summed E-state index contributed by atoms with van der Waals surface area (Å²) in [6, 6.07) is 9.36. The summed E-state index contributed by atoms with van der Waals surface area (Å²) < 4.78 is 9.70. The van der Waals surface area contributed by atoms with Crippen LogP contribution in [0.2, 0.25) is 0 Å². The molecule has 2 N–H and O–H groups in total. The molecule has 0 saturated carbocycles. The first-order valence-corrected chi connectivity index (χ1v) is 6.81. The number of quaternary nitrogens is 1. The average molecular weight is 294 g/mol. The molecule has 0 aliphatic carbocycles. The number of carbonyl (C=O) groups excluding carboxylic acids is 2. The van der Waals surface area contributed by atoms with Crippen LogP contribution in [-0.4, -0.2) is 50.1 Å². The number of methoxy groups -OCH3 is 1. The van der Waals surface area contributed by atoms with Crippen LogP contribution in [0.5, 0.6) is 0 Å². The zero-order chi connectivity index (χ0) is 15.1. The van der Waals surface area contributed by atoms with E-state index in [-0.39, 0.29) is 11.2 Å². The van der Waals surface area contributed by atoms with Gasteiger partial charge in [-0.15, -0.1) is 4.59 Å². The van der Waals surface area contributed by atoms with Gasteiger partial charge in [0, 0.05) is 13.1 Å². The zero-order valence-corrected chi connectivity index (χ0v) is 12.0. The molecule has 1 heterocycles. The normalized spacial score (nSPS) is 16.8. The van der Waals surface area contributed by atoms with Crippen molar-refractivity contribution in [2.24, 2.45) is 0 Å². The summed E-state index contributed by atoms with van der Waals surface area (Å²) in [6.07, 6.45) is -1.13. The van der Waals surface area contributed by atoms with Crippen molar-refractivity contribution in [2.75, 3.05) is 33.3 Å². The standard InChI is InChI=1S/C14H19N3O4/c1-20-14(19)17(9-7-15-8-10-17)16-13(18)21-11-12-5-3-2-4-6-12/h2-6,15H,7-11H2,1H3/p+1. The van der Waals surface area contributed by atoms with E-state index in [1.807, 2.05) is 30.3 Å². The van der Waals surface area contributed by atoms with Gasteiger partial charge in [0.1, 0.15) is 19.7 Å². The topological polar surface area (TPSA) is 76.7 Å². The molecule has 1 saturated heterocycles. The van der Waals surface area contributed by atoms with Crippen molar-refractivity contribution in [1.82, 2.24) is 10.7 Å². The van der Waals surface area contributed by atoms with Crippen molar-refractivity contribution in [3.63, 3.8) is 0 Å². The molecule has 1 aliphatic heterocycles. The molecule has 7 heteroatoms. The lowest BCUT2D eigenvalue weighted by Gasteiger charge is -2.35. The maximum Gasteiger partial charge on any atom is 0.541 e. The Morgan fingerprint density at radius 3 is 2.52 bits per heavy atom. The van der Waals surface area contributed by atoms with E-state index in [0.717, 1.165) is 5.56 Å². The highest BCUT2D eigenvalue weighted by Crippen LogP contribution is 2.09. The first-order valence-electron chi connectivity index (χ1n) is 6.81. The fourth-order valence-electron chi connectivity index (χ4n) is 2.22. The second kappa shape index (κ2) is 7.05. The van der Waals surface area contributed by atoms with Gasteiger partial charge in [0.25, 0.3) is 0 Å². The highest BCUT2D eigenvalue weighted by atomic mass is 16.6. The molecule has 0 bridgehead atoms. The number of hydrogen-bond acceptors (Lipinski definition) is 5. The molecule has 1 aromatic rings. The first kappa shape index (κ1) is 15.3. The third kappa shape index (κ3) is 3.93. The smallest absolute Gasteiger partial charge is 0.442 e. The average Bonchev–Trinajstić information content (AvgIpc) is 2.54. The Balaban J connectivity index is 1.93. The Morgan fingerprint density at radius 2 is 1.90 bits per heavy atom. The SMILES string of the molecule is COC(=O)[N+]1(NC(=O)OCc2ccccc2)CCNCC1. The number of rotatable bonds is 2. The lowest BCUT2D eigenvalue weighted by molar-refractivity contribution is -0.894. The molecule has 1 aromatic carbocycles. The van der Waals surface area contributed by atoms with Crippen molar-refractivity contribution in [2.45, 2.75) is 6.61 Å². The number of hydrogen-bond donors (Lipinski definition) is 2. The molecule has 0 spiro atoms. The second-order valence-electron chi connectivity index (χ2n) is 4.81. The van der Waals surface area contributed by atoms with Crippen LogP contribution >= 0.6 is 0 Å². The molecule has 0 atom stereocenters. The van der Waals surface area contributed by atoms with E-state index in [1.165, 1.54) is 7.11 Å². The van der Waals surface area contributed by atoms with Gasteiger partial charge in [0.2, 0.25) is 0 Å². The van der Waals surface area contributed by atoms with Gasteiger partial charge in [0.05, 0.1) is 7.11 Å². The molecular weight excluding hydrogens is 274 g/mol. The van der Waals surface area contributed by atoms with Crippen LogP contribution in [0, 0.1) is 0 Å². The number of nitrogens with zero attached hydrogens (tertiary/aromatic N) is 1. The number of ether oxygens (including phenoxy) is 2. The molecular formula is C14H20N3O4+. The van der Waals surface area contributed by atoms with E-state index in [1.54, 1.807) is 0 Å². The van der Waals surface area contributed by atoms with Crippen LogP contribution in [0.15, 0.2) is 30.3 Å². The van der Waals surface area contributed by atoms with Crippen LogP contribution in [-0.2, 0) is 16.1 Å². The molecule has 1 aliphatic rings. The van der Waals surface area contributed by atoms with Crippen molar-refractivity contribution in [3.05, 3.63) is 35.9 Å². The molecule has 2 rings (SSSR count). The van der Waals surface area contributed by atoms with Gasteiger partial charge in [0.15, 0.2) is 0 Å². The van der Waals surface area contributed by atoms with Crippen molar-refractivity contribution >= 4 is 12.2 Å². The molecule has 0 radical (unpaired) electrons. The van der Waals surface area contributed by atoms with Gasteiger partial charge in [-0.2, -0.15) is 10.2 Å². The maximum atomic E-state index is 12.0.